The van der Waals surface area contributed by atoms with Gasteiger partial charge in [-0.25, -0.2) is 0 Å². The summed E-state index contributed by atoms with van der Waals surface area (Å²) in [5, 5.41) is 3.73. The summed E-state index contributed by atoms with van der Waals surface area (Å²) in [5.41, 5.74) is 4.24. The van der Waals surface area contributed by atoms with Crippen molar-refractivity contribution in [1.82, 2.24) is 5.32 Å². The van der Waals surface area contributed by atoms with E-state index >= 15 is 0 Å². The van der Waals surface area contributed by atoms with Gasteiger partial charge in [-0.15, -0.1) is 0 Å². The number of nitrogens with one attached hydrogen (secondary N) is 1. The van der Waals surface area contributed by atoms with Gasteiger partial charge >= 0.3 is 0 Å². The minimum absolute atomic E-state index is 0.516. The molecule has 1 aliphatic carbocycles. The van der Waals surface area contributed by atoms with E-state index in [1.54, 1.807) is 7.11 Å². The van der Waals surface area contributed by atoms with Crippen LogP contribution in [0.5, 0.6) is 5.75 Å². The molecule has 0 radical (unpaired) electrons. The molecule has 25 heavy (non-hydrogen) atoms. The number of allylic oxidation sites excluding steroid dienone is 1. The highest BCUT2D eigenvalue weighted by atomic mass is 16.5. The molecule has 0 fully saturated rings. The summed E-state index contributed by atoms with van der Waals surface area (Å²) in [6.45, 7) is 1.10. The van der Waals surface area contributed by atoms with Crippen molar-refractivity contribution in [3.8, 4) is 5.75 Å². The van der Waals surface area contributed by atoms with Gasteiger partial charge in [-0.05, 0) is 73.9 Å². The molecule has 2 aromatic carbocycles. The molecule has 0 heterocycles. The van der Waals surface area contributed by atoms with Gasteiger partial charge in [0.2, 0.25) is 0 Å². The van der Waals surface area contributed by atoms with Crippen molar-refractivity contribution in [2.45, 2.75) is 44.6 Å². The Bertz CT molecular complexity index is 660. The second-order valence-electron chi connectivity index (χ2n) is 6.82. The third kappa shape index (κ3) is 5.47. The molecular weight excluding hydrogens is 306 g/mol. The molecule has 0 saturated carbocycles. The second-order valence-corrected chi connectivity index (χ2v) is 6.82. The lowest BCUT2D eigenvalue weighted by Gasteiger charge is -2.22. The van der Waals surface area contributed by atoms with E-state index in [-0.39, 0.29) is 0 Å². The van der Waals surface area contributed by atoms with Crippen LogP contribution in [0.1, 0.15) is 43.2 Å². The first-order chi connectivity index (χ1) is 12.3. The molecule has 0 amide bonds. The van der Waals surface area contributed by atoms with Gasteiger partial charge in [-0.2, -0.15) is 0 Å². The number of rotatable bonds is 8. The summed E-state index contributed by atoms with van der Waals surface area (Å²) >= 11 is 0. The van der Waals surface area contributed by atoms with Crippen LogP contribution in [0.3, 0.4) is 0 Å². The molecule has 132 valence electrons. The van der Waals surface area contributed by atoms with Crippen molar-refractivity contribution < 1.29 is 4.74 Å². The smallest absolute Gasteiger partial charge is 0.118 e. The van der Waals surface area contributed by atoms with Crippen molar-refractivity contribution in [3.63, 3.8) is 0 Å². The number of ether oxygens (including phenoxy) is 1. The van der Waals surface area contributed by atoms with Gasteiger partial charge in [0.05, 0.1) is 7.11 Å². The highest BCUT2D eigenvalue weighted by molar-refractivity contribution is 5.67. The molecule has 3 rings (SSSR count). The highest BCUT2D eigenvalue weighted by Crippen LogP contribution is 2.28. The van der Waals surface area contributed by atoms with Crippen LogP contribution in [0, 0.1) is 0 Å². The lowest BCUT2D eigenvalue weighted by molar-refractivity contribution is 0.415. The predicted molar refractivity (Wildman–Crippen MR) is 106 cm³/mol. The predicted octanol–water partition coefficient (Wildman–Crippen LogP) is 5.24. The van der Waals surface area contributed by atoms with E-state index in [4.69, 9.17) is 4.74 Å². The summed E-state index contributed by atoms with van der Waals surface area (Å²) in [7, 11) is 1.71. The first-order valence-electron chi connectivity index (χ1n) is 9.47. The molecule has 0 bridgehead atoms. The number of benzene rings is 2. The summed E-state index contributed by atoms with van der Waals surface area (Å²) in [6, 6.07) is 19.7. The number of unbranched alkanes of at least 4 members (excludes halogenated alkanes) is 1. The van der Waals surface area contributed by atoms with Crippen molar-refractivity contribution in [3.05, 3.63) is 71.8 Å². The second kappa shape index (κ2) is 9.43. The zero-order chi connectivity index (χ0) is 17.3. The minimum Gasteiger partial charge on any atom is -0.497 e. The first-order valence-corrected chi connectivity index (χ1v) is 9.47. The van der Waals surface area contributed by atoms with Crippen LogP contribution >= 0.6 is 0 Å². The molecule has 1 aliphatic rings. The normalized spacial score (nSPS) is 17.2. The molecule has 2 heteroatoms. The molecule has 0 saturated heterocycles. The minimum atomic E-state index is 0.516. The molecule has 2 nitrogen and oxygen atoms in total. The standard InChI is InChI=1S/C23H29NO/c1-25-23-15-13-20(14-16-23)21-11-7-12-22(18-21)24-17-6-5-10-19-8-3-2-4-9-19/h2-4,8-9,13-16,18,22,24H,5-7,10-12,17H2,1H3/t22-/m1/s1. The Labute approximate surface area is 151 Å². The Morgan fingerprint density at radius 3 is 2.56 bits per heavy atom. The Kier molecular flexibility index (Phi) is 6.70. The van der Waals surface area contributed by atoms with E-state index in [2.05, 4.69) is 66.0 Å². The zero-order valence-corrected chi connectivity index (χ0v) is 15.2. The van der Waals surface area contributed by atoms with Crippen molar-refractivity contribution in [1.29, 1.82) is 0 Å². The van der Waals surface area contributed by atoms with Gasteiger partial charge in [-0.3, -0.25) is 0 Å². The third-order valence-corrected chi connectivity index (χ3v) is 4.97. The van der Waals surface area contributed by atoms with Crippen LogP contribution in [-0.4, -0.2) is 19.7 Å². The van der Waals surface area contributed by atoms with Gasteiger partial charge in [-0.1, -0.05) is 48.5 Å². The van der Waals surface area contributed by atoms with Crippen LogP contribution in [-0.2, 0) is 6.42 Å². The average Bonchev–Trinajstić information content (AvgIpc) is 2.69. The van der Waals surface area contributed by atoms with Gasteiger partial charge in [0.15, 0.2) is 0 Å². The van der Waals surface area contributed by atoms with Crippen LogP contribution in [0.15, 0.2) is 60.7 Å². The van der Waals surface area contributed by atoms with Gasteiger partial charge in [0.1, 0.15) is 5.75 Å². The molecule has 2 aromatic rings. The molecular formula is C23H29NO. The Morgan fingerprint density at radius 1 is 1.00 bits per heavy atom. The van der Waals surface area contributed by atoms with E-state index in [9.17, 15) is 0 Å². The van der Waals surface area contributed by atoms with Crippen molar-refractivity contribution >= 4 is 5.57 Å². The van der Waals surface area contributed by atoms with Crippen molar-refractivity contribution in [2.75, 3.05) is 13.7 Å². The van der Waals surface area contributed by atoms with Gasteiger partial charge < -0.3 is 10.1 Å². The SMILES string of the molecule is COc1ccc(C2=C[C@H](NCCCCc3ccccc3)CCC2)cc1. The molecule has 0 aliphatic heterocycles. The van der Waals surface area contributed by atoms with Gasteiger partial charge in [0, 0.05) is 6.04 Å². The quantitative estimate of drug-likeness (QED) is 0.666. The third-order valence-electron chi connectivity index (χ3n) is 4.97. The van der Waals surface area contributed by atoms with Gasteiger partial charge in [0.25, 0.3) is 0 Å². The topological polar surface area (TPSA) is 21.3 Å². The van der Waals surface area contributed by atoms with Crippen LogP contribution in [0.2, 0.25) is 0 Å². The lowest BCUT2D eigenvalue weighted by atomic mass is 9.91. The Morgan fingerprint density at radius 2 is 1.80 bits per heavy atom. The van der Waals surface area contributed by atoms with Crippen LogP contribution in [0.25, 0.3) is 5.57 Å². The van der Waals surface area contributed by atoms with E-state index in [0.29, 0.717) is 6.04 Å². The van der Waals surface area contributed by atoms with E-state index in [0.717, 1.165) is 12.3 Å². The molecule has 0 unspecified atom stereocenters. The zero-order valence-electron chi connectivity index (χ0n) is 15.2. The number of hydrogen-bond donors (Lipinski definition) is 1. The van der Waals surface area contributed by atoms with Crippen LogP contribution < -0.4 is 10.1 Å². The summed E-state index contributed by atoms with van der Waals surface area (Å²) < 4.78 is 5.25. The Hall–Kier alpha value is -2.06. The van der Waals surface area contributed by atoms with Crippen LogP contribution in [0.4, 0.5) is 0 Å². The monoisotopic (exact) mass is 335 g/mol. The fourth-order valence-corrected chi connectivity index (χ4v) is 3.51. The maximum absolute atomic E-state index is 5.25. The highest BCUT2D eigenvalue weighted by Gasteiger charge is 2.14. The largest absolute Gasteiger partial charge is 0.497 e. The number of methoxy groups -OCH3 is 1. The molecule has 1 N–H and O–H groups in total. The average molecular weight is 335 g/mol. The number of aryl methyl sites for hydroxylation is 1. The fourth-order valence-electron chi connectivity index (χ4n) is 3.51. The molecule has 1 atom stereocenters. The van der Waals surface area contributed by atoms with E-state index in [1.165, 1.54) is 55.2 Å². The number of hydrogen-bond acceptors (Lipinski definition) is 2. The lowest BCUT2D eigenvalue weighted by Crippen LogP contribution is -2.30. The maximum Gasteiger partial charge on any atom is 0.118 e. The molecule has 0 spiro atoms. The Balaban J connectivity index is 1.44. The summed E-state index contributed by atoms with van der Waals surface area (Å²) in [6.07, 6.45) is 9.79. The molecule has 0 aromatic heterocycles. The van der Waals surface area contributed by atoms with E-state index in [1.807, 2.05) is 0 Å². The van der Waals surface area contributed by atoms with Crippen molar-refractivity contribution in [2.24, 2.45) is 0 Å². The summed E-state index contributed by atoms with van der Waals surface area (Å²) in [4.78, 5) is 0. The van der Waals surface area contributed by atoms with E-state index < -0.39 is 0 Å². The fraction of sp³-hybridized carbons (Fsp3) is 0.391. The maximum atomic E-state index is 5.25. The summed E-state index contributed by atoms with van der Waals surface area (Å²) in [5.74, 6) is 0.924. The first kappa shape index (κ1) is 17.8.